The van der Waals surface area contributed by atoms with E-state index in [4.69, 9.17) is 9.47 Å². The quantitative estimate of drug-likeness (QED) is 0.270. The Morgan fingerprint density at radius 2 is 1.88 bits per heavy atom. The van der Waals surface area contributed by atoms with Crippen LogP contribution in [0.5, 0.6) is 5.75 Å². The van der Waals surface area contributed by atoms with Crippen LogP contribution < -0.4 is 16.0 Å². The summed E-state index contributed by atoms with van der Waals surface area (Å²) in [6.45, 7) is 9.87. The zero-order valence-electron chi connectivity index (χ0n) is 25.4. The fourth-order valence-electron chi connectivity index (χ4n) is 5.84. The van der Waals surface area contributed by atoms with Gasteiger partial charge in [-0.1, -0.05) is 11.3 Å². The molecule has 1 aliphatic rings. The maximum absolute atomic E-state index is 14.5. The summed E-state index contributed by atoms with van der Waals surface area (Å²) in [5.74, 6) is -0.346. The van der Waals surface area contributed by atoms with Gasteiger partial charge in [0, 0.05) is 36.6 Å². The number of piperidine rings is 1. The normalized spacial score (nSPS) is 14.9. The molecule has 0 N–H and O–H groups in total. The third kappa shape index (κ3) is 5.65. The smallest absolute Gasteiger partial charge is 0.333 e. The molecule has 4 aromatic rings. The first-order chi connectivity index (χ1) is 20.4. The molecule has 3 aromatic heterocycles. The van der Waals surface area contributed by atoms with Crippen molar-refractivity contribution in [3.05, 3.63) is 74.4 Å². The lowest BCUT2D eigenvalue weighted by atomic mass is 10.00. The average molecular weight is 612 g/mol. The van der Waals surface area contributed by atoms with Gasteiger partial charge in [-0.3, -0.25) is 14.2 Å². The lowest BCUT2D eigenvalue weighted by Gasteiger charge is -2.35. The number of fused-ring (bicyclic) bond motifs is 1. The highest BCUT2D eigenvalue weighted by Gasteiger charge is 2.39. The SMILES string of the molecule is COc1ccc(F)cc1C(Cn1c(=O)n(C(C)(C)C(=O)N2CCCCC2)c(=O)c2c(C)c(-n3cccn3)sc21)OC(C)C. The number of rotatable bonds is 9. The Morgan fingerprint density at radius 3 is 2.51 bits per heavy atom. The molecule has 4 heterocycles. The van der Waals surface area contributed by atoms with E-state index in [1.807, 2.05) is 20.8 Å². The number of methoxy groups -OCH3 is 1. The summed E-state index contributed by atoms with van der Waals surface area (Å²) in [4.78, 5) is 44.8. The highest BCUT2D eigenvalue weighted by Crippen LogP contribution is 2.35. The van der Waals surface area contributed by atoms with Crippen LogP contribution in [0.1, 0.15) is 64.2 Å². The third-order valence-electron chi connectivity index (χ3n) is 7.95. The van der Waals surface area contributed by atoms with Crippen molar-refractivity contribution in [1.82, 2.24) is 23.8 Å². The van der Waals surface area contributed by atoms with Crippen molar-refractivity contribution >= 4 is 27.5 Å². The van der Waals surface area contributed by atoms with E-state index in [0.717, 1.165) is 23.8 Å². The van der Waals surface area contributed by atoms with E-state index in [2.05, 4.69) is 5.10 Å². The molecule has 1 atom stereocenters. The number of likely N-dealkylation sites (tertiary alicyclic amines) is 1. The number of halogens is 1. The molecule has 1 amide bonds. The van der Waals surface area contributed by atoms with E-state index in [9.17, 15) is 18.8 Å². The molecule has 0 radical (unpaired) electrons. The summed E-state index contributed by atoms with van der Waals surface area (Å²) in [5, 5.41) is 5.35. The Bertz CT molecular complexity index is 1750. The van der Waals surface area contributed by atoms with Gasteiger partial charge in [-0.15, -0.1) is 0 Å². The van der Waals surface area contributed by atoms with E-state index in [1.165, 1.54) is 41.2 Å². The van der Waals surface area contributed by atoms with Gasteiger partial charge in [0.15, 0.2) is 0 Å². The summed E-state index contributed by atoms with van der Waals surface area (Å²) < 4.78 is 30.5. The summed E-state index contributed by atoms with van der Waals surface area (Å²) in [7, 11) is 1.49. The standard InChI is InChI=1S/C31H38FN5O5S/c1-19(2)42-24(22-17-21(32)11-12-23(22)41-6)18-35-28-25(20(3)27(43-28)36-16-10-13-33-36)26(38)37(30(35)40)31(4,5)29(39)34-14-8-7-9-15-34/h10-13,16-17,19,24H,7-9,14-15,18H2,1-6H3. The highest BCUT2D eigenvalue weighted by molar-refractivity contribution is 7.21. The molecule has 5 rings (SSSR count). The fraction of sp³-hybridized carbons (Fsp3) is 0.484. The molecule has 0 bridgehead atoms. The maximum atomic E-state index is 14.5. The molecule has 0 saturated carbocycles. The number of carbonyl (C=O) groups is 1. The number of hydrogen-bond donors (Lipinski definition) is 0. The van der Waals surface area contributed by atoms with Crippen molar-refractivity contribution in [3.8, 4) is 10.8 Å². The predicted octanol–water partition coefficient (Wildman–Crippen LogP) is 4.78. The Kier molecular flexibility index (Phi) is 8.62. The summed E-state index contributed by atoms with van der Waals surface area (Å²) in [6, 6.07) is 5.93. The second-order valence-corrected chi connectivity index (χ2v) is 12.6. The number of amides is 1. The number of carbonyl (C=O) groups excluding carboxylic acids is 1. The lowest BCUT2D eigenvalue weighted by molar-refractivity contribution is -0.140. The monoisotopic (exact) mass is 611 g/mol. The van der Waals surface area contributed by atoms with E-state index in [1.54, 1.807) is 41.9 Å². The number of thiophene rings is 1. The van der Waals surface area contributed by atoms with Crippen LogP contribution >= 0.6 is 11.3 Å². The van der Waals surface area contributed by atoms with Crippen LogP contribution in [0.4, 0.5) is 4.39 Å². The Balaban J connectivity index is 1.77. The van der Waals surface area contributed by atoms with Gasteiger partial charge in [0.25, 0.3) is 5.56 Å². The van der Waals surface area contributed by atoms with Crippen LogP contribution in [-0.4, -0.2) is 56.0 Å². The largest absolute Gasteiger partial charge is 0.496 e. The molecule has 1 unspecified atom stereocenters. The molecule has 43 heavy (non-hydrogen) atoms. The van der Waals surface area contributed by atoms with Gasteiger partial charge in [0.05, 0.1) is 25.1 Å². The van der Waals surface area contributed by atoms with Crippen LogP contribution in [0.25, 0.3) is 15.2 Å². The molecular weight excluding hydrogens is 573 g/mol. The molecule has 1 aromatic carbocycles. The Morgan fingerprint density at radius 1 is 1.16 bits per heavy atom. The van der Waals surface area contributed by atoms with Crippen molar-refractivity contribution in [2.24, 2.45) is 0 Å². The van der Waals surface area contributed by atoms with Crippen LogP contribution in [0.3, 0.4) is 0 Å². The minimum absolute atomic E-state index is 0.0555. The Hall–Kier alpha value is -3.77. The van der Waals surface area contributed by atoms with Crippen LogP contribution in [-0.2, 0) is 21.6 Å². The van der Waals surface area contributed by atoms with Crippen LogP contribution in [0.2, 0.25) is 0 Å². The van der Waals surface area contributed by atoms with Crippen LogP contribution in [0, 0.1) is 12.7 Å². The first-order valence-corrected chi connectivity index (χ1v) is 15.3. The molecule has 10 nitrogen and oxygen atoms in total. The topological polar surface area (TPSA) is 101 Å². The fourth-order valence-corrected chi connectivity index (χ4v) is 7.09. The molecule has 0 spiro atoms. The molecule has 230 valence electrons. The molecule has 1 saturated heterocycles. The van der Waals surface area contributed by atoms with E-state index < -0.39 is 28.7 Å². The maximum Gasteiger partial charge on any atom is 0.333 e. The van der Waals surface area contributed by atoms with Crippen LogP contribution in [0.15, 0.2) is 46.2 Å². The zero-order chi connectivity index (χ0) is 31.1. The first kappa shape index (κ1) is 30.7. The van der Waals surface area contributed by atoms with Crippen molar-refractivity contribution in [2.45, 2.75) is 78.2 Å². The minimum atomic E-state index is -1.47. The van der Waals surface area contributed by atoms with Crippen molar-refractivity contribution in [2.75, 3.05) is 20.2 Å². The van der Waals surface area contributed by atoms with Gasteiger partial charge < -0.3 is 14.4 Å². The third-order valence-corrected chi connectivity index (χ3v) is 9.25. The summed E-state index contributed by atoms with van der Waals surface area (Å²) >= 11 is 1.26. The minimum Gasteiger partial charge on any atom is -0.496 e. The number of hydrogen-bond acceptors (Lipinski definition) is 7. The van der Waals surface area contributed by atoms with E-state index in [-0.39, 0.29) is 18.6 Å². The first-order valence-electron chi connectivity index (χ1n) is 14.5. The van der Waals surface area contributed by atoms with Gasteiger partial charge in [-0.2, -0.15) is 5.10 Å². The van der Waals surface area contributed by atoms with Gasteiger partial charge >= 0.3 is 5.69 Å². The summed E-state index contributed by atoms with van der Waals surface area (Å²) in [6.07, 6.45) is 5.10. The number of ether oxygens (including phenoxy) is 2. The highest BCUT2D eigenvalue weighted by atomic mass is 32.1. The number of aromatic nitrogens is 4. The van der Waals surface area contributed by atoms with Crippen molar-refractivity contribution in [3.63, 3.8) is 0 Å². The van der Waals surface area contributed by atoms with E-state index in [0.29, 0.717) is 45.2 Å². The van der Waals surface area contributed by atoms with Crippen molar-refractivity contribution in [1.29, 1.82) is 0 Å². The molecule has 0 aliphatic carbocycles. The second-order valence-electron chi connectivity index (χ2n) is 11.7. The van der Waals surface area contributed by atoms with Gasteiger partial charge in [0.1, 0.15) is 33.0 Å². The zero-order valence-corrected chi connectivity index (χ0v) is 26.2. The van der Waals surface area contributed by atoms with Gasteiger partial charge in [0.2, 0.25) is 5.91 Å². The van der Waals surface area contributed by atoms with Gasteiger partial charge in [-0.05, 0) is 78.1 Å². The molecule has 1 aliphatic heterocycles. The summed E-state index contributed by atoms with van der Waals surface area (Å²) in [5.41, 5.74) is -1.58. The predicted molar refractivity (Wildman–Crippen MR) is 164 cm³/mol. The molecule has 1 fully saturated rings. The average Bonchev–Trinajstić information content (AvgIpc) is 3.62. The van der Waals surface area contributed by atoms with E-state index >= 15 is 0 Å². The van der Waals surface area contributed by atoms with Crippen molar-refractivity contribution < 1.29 is 18.7 Å². The molecular formula is C31H38FN5O5S. The molecule has 12 heteroatoms. The van der Waals surface area contributed by atoms with Gasteiger partial charge in [-0.25, -0.2) is 18.4 Å². The number of benzene rings is 1. The lowest BCUT2D eigenvalue weighted by Crippen LogP contribution is -2.57. The Labute approximate surface area is 253 Å². The number of aryl methyl sites for hydroxylation is 1. The number of nitrogens with zero attached hydrogens (tertiary/aromatic N) is 5. The second kappa shape index (κ2) is 12.1.